The van der Waals surface area contributed by atoms with Gasteiger partial charge in [0, 0.05) is 37.3 Å². The lowest BCUT2D eigenvalue weighted by atomic mass is 10.1. The number of amides is 3. The van der Waals surface area contributed by atoms with Gasteiger partial charge in [-0.2, -0.15) is 0 Å². The number of nitrogens with zero attached hydrogens (tertiary/aromatic N) is 2. The normalized spacial score (nSPS) is 10.3. The molecule has 0 spiro atoms. The average molecular weight is 348 g/mol. The van der Waals surface area contributed by atoms with Crippen molar-refractivity contribution in [1.29, 1.82) is 0 Å². The van der Waals surface area contributed by atoms with Gasteiger partial charge in [0.2, 0.25) is 5.91 Å². The second-order valence-corrected chi connectivity index (χ2v) is 5.77. The number of rotatable bonds is 5. The number of aromatic nitrogens is 1. The molecule has 6 heteroatoms. The standard InChI is InChI=1S/C20H20N4O2/c1-15(25)24(18-11-5-7-16-8-6-12-21-19(16)18)14-13-22-20(26)23-17-9-3-2-4-10-17/h2-12H,13-14H2,1H3,(H2,22,23,26). The summed E-state index contributed by atoms with van der Waals surface area (Å²) in [6, 6.07) is 18.4. The molecule has 0 saturated heterocycles. The Balaban J connectivity index is 1.66. The Bertz CT molecular complexity index is 907. The van der Waals surface area contributed by atoms with Crippen molar-refractivity contribution in [1.82, 2.24) is 10.3 Å². The highest BCUT2D eigenvalue weighted by Gasteiger charge is 2.15. The van der Waals surface area contributed by atoms with Gasteiger partial charge in [0.1, 0.15) is 0 Å². The van der Waals surface area contributed by atoms with Gasteiger partial charge in [0.05, 0.1) is 11.2 Å². The Morgan fingerprint density at radius 1 is 1.00 bits per heavy atom. The van der Waals surface area contributed by atoms with Gasteiger partial charge in [-0.25, -0.2) is 4.79 Å². The Morgan fingerprint density at radius 2 is 1.77 bits per heavy atom. The number of carbonyl (C=O) groups excluding carboxylic acids is 2. The minimum atomic E-state index is -0.309. The first kappa shape index (κ1) is 17.4. The predicted molar refractivity (Wildman–Crippen MR) is 103 cm³/mol. The van der Waals surface area contributed by atoms with Crippen molar-refractivity contribution in [3.8, 4) is 0 Å². The first-order valence-corrected chi connectivity index (χ1v) is 8.37. The molecule has 0 aliphatic heterocycles. The number of para-hydroxylation sites is 2. The molecule has 0 radical (unpaired) electrons. The lowest BCUT2D eigenvalue weighted by Crippen LogP contribution is -2.39. The Labute approximate surface area is 151 Å². The fourth-order valence-corrected chi connectivity index (χ4v) is 2.73. The van der Waals surface area contributed by atoms with Crippen molar-refractivity contribution in [2.75, 3.05) is 23.3 Å². The molecule has 2 aromatic carbocycles. The minimum Gasteiger partial charge on any atom is -0.336 e. The molecule has 0 bridgehead atoms. The van der Waals surface area contributed by atoms with E-state index in [-0.39, 0.29) is 11.9 Å². The number of carbonyl (C=O) groups is 2. The van der Waals surface area contributed by atoms with Gasteiger partial charge in [-0.05, 0) is 24.3 Å². The molecule has 3 aromatic rings. The van der Waals surface area contributed by atoms with E-state index >= 15 is 0 Å². The van der Waals surface area contributed by atoms with Gasteiger partial charge in [-0.15, -0.1) is 0 Å². The molecule has 0 saturated carbocycles. The highest BCUT2D eigenvalue weighted by molar-refractivity contribution is 6.01. The first-order chi connectivity index (χ1) is 12.6. The number of hydrogen-bond donors (Lipinski definition) is 2. The van der Waals surface area contributed by atoms with Crippen LogP contribution in [0.25, 0.3) is 10.9 Å². The van der Waals surface area contributed by atoms with Crippen LogP contribution in [-0.4, -0.2) is 30.0 Å². The molecule has 0 fully saturated rings. The largest absolute Gasteiger partial charge is 0.336 e. The number of fused-ring (bicyclic) bond motifs is 1. The number of nitrogens with one attached hydrogen (secondary N) is 2. The maximum Gasteiger partial charge on any atom is 0.319 e. The molecule has 0 atom stereocenters. The Hall–Kier alpha value is -3.41. The molecule has 2 N–H and O–H groups in total. The molecule has 132 valence electrons. The third-order valence-electron chi connectivity index (χ3n) is 3.93. The highest BCUT2D eigenvalue weighted by atomic mass is 16.2. The van der Waals surface area contributed by atoms with Gasteiger partial charge in [-0.1, -0.05) is 36.4 Å². The summed E-state index contributed by atoms with van der Waals surface area (Å²) in [4.78, 5) is 30.1. The van der Waals surface area contributed by atoms with Crippen LogP contribution >= 0.6 is 0 Å². The SMILES string of the molecule is CC(=O)N(CCNC(=O)Nc1ccccc1)c1cccc2cccnc12. The minimum absolute atomic E-state index is 0.103. The maximum atomic E-state index is 12.1. The maximum absolute atomic E-state index is 12.1. The molecule has 0 aliphatic carbocycles. The molecule has 1 heterocycles. The van der Waals surface area contributed by atoms with Gasteiger partial charge in [-0.3, -0.25) is 9.78 Å². The zero-order valence-electron chi connectivity index (χ0n) is 14.5. The molecule has 0 aliphatic rings. The lowest BCUT2D eigenvalue weighted by molar-refractivity contribution is -0.116. The third-order valence-corrected chi connectivity index (χ3v) is 3.93. The van der Waals surface area contributed by atoms with Crippen molar-refractivity contribution < 1.29 is 9.59 Å². The molecule has 1 aromatic heterocycles. The summed E-state index contributed by atoms with van der Waals surface area (Å²) >= 11 is 0. The Kier molecular flexibility index (Phi) is 5.43. The van der Waals surface area contributed by atoms with Gasteiger partial charge in [0.15, 0.2) is 0 Å². The van der Waals surface area contributed by atoms with Crippen molar-refractivity contribution in [2.24, 2.45) is 0 Å². The fourth-order valence-electron chi connectivity index (χ4n) is 2.73. The summed E-state index contributed by atoms with van der Waals surface area (Å²) in [7, 11) is 0. The summed E-state index contributed by atoms with van der Waals surface area (Å²) < 4.78 is 0. The van der Waals surface area contributed by atoms with Crippen molar-refractivity contribution in [3.05, 3.63) is 66.9 Å². The molecule has 26 heavy (non-hydrogen) atoms. The summed E-state index contributed by atoms with van der Waals surface area (Å²) in [6.45, 7) is 2.18. The van der Waals surface area contributed by atoms with Crippen molar-refractivity contribution in [3.63, 3.8) is 0 Å². The van der Waals surface area contributed by atoms with Gasteiger partial charge >= 0.3 is 6.03 Å². The van der Waals surface area contributed by atoms with Crippen LogP contribution in [0.4, 0.5) is 16.2 Å². The summed E-state index contributed by atoms with van der Waals surface area (Å²) in [6.07, 6.45) is 1.70. The van der Waals surface area contributed by atoms with Crippen LogP contribution < -0.4 is 15.5 Å². The van der Waals surface area contributed by atoms with Crippen LogP contribution in [0.2, 0.25) is 0 Å². The fraction of sp³-hybridized carbons (Fsp3) is 0.150. The van der Waals surface area contributed by atoms with Gasteiger partial charge < -0.3 is 15.5 Å². The smallest absolute Gasteiger partial charge is 0.319 e. The van der Waals surface area contributed by atoms with E-state index in [4.69, 9.17) is 0 Å². The lowest BCUT2D eigenvalue weighted by Gasteiger charge is -2.22. The highest BCUT2D eigenvalue weighted by Crippen LogP contribution is 2.24. The monoisotopic (exact) mass is 348 g/mol. The molecular formula is C20H20N4O2. The van der Waals surface area contributed by atoms with Gasteiger partial charge in [0.25, 0.3) is 0 Å². The van der Waals surface area contributed by atoms with Crippen LogP contribution in [0.3, 0.4) is 0 Å². The van der Waals surface area contributed by atoms with E-state index in [0.717, 1.165) is 16.6 Å². The summed E-state index contributed by atoms with van der Waals surface area (Å²) in [5.41, 5.74) is 2.21. The molecule has 3 rings (SSSR count). The summed E-state index contributed by atoms with van der Waals surface area (Å²) in [5, 5.41) is 6.48. The molecule has 0 unspecified atom stereocenters. The zero-order chi connectivity index (χ0) is 18.4. The van der Waals surface area contributed by atoms with E-state index in [2.05, 4.69) is 15.6 Å². The second-order valence-electron chi connectivity index (χ2n) is 5.77. The van der Waals surface area contributed by atoms with Crippen molar-refractivity contribution >= 4 is 34.2 Å². The zero-order valence-corrected chi connectivity index (χ0v) is 14.5. The average Bonchev–Trinajstić information content (AvgIpc) is 2.65. The topological polar surface area (TPSA) is 74.3 Å². The Morgan fingerprint density at radius 3 is 2.54 bits per heavy atom. The van der Waals surface area contributed by atoms with E-state index in [1.54, 1.807) is 11.1 Å². The number of anilines is 2. The number of pyridine rings is 1. The van der Waals surface area contributed by atoms with Crippen LogP contribution in [0.5, 0.6) is 0 Å². The molecule has 3 amide bonds. The second kappa shape index (κ2) is 8.11. The number of hydrogen-bond acceptors (Lipinski definition) is 3. The predicted octanol–water partition coefficient (Wildman–Crippen LogP) is 3.41. The van der Waals surface area contributed by atoms with Crippen LogP contribution in [-0.2, 0) is 4.79 Å². The van der Waals surface area contributed by atoms with E-state index in [0.29, 0.717) is 18.8 Å². The third kappa shape index (κ3) is 4.16. The van der Waals surface area contributed by atoms with Crippen LogP contribution in [0, 0.1) is 0 Å². The molecular weight excluding hydrogens is 328 g/mol. The van der Waals surface area contributed by atoms with Crippen LogP contribution in [0.15, 0.2) is 66.9 Å². The van der Waals surface area contributed by atoms with E-state index in [1.165, 1.54) is 6.92 Å². The van der Waals surface area contributed by atoms with E-state index in [1.807, 2.05) is 60.7 Å². The van der Waals surface area contributed by atoms with E-state index < -0.39 is 0 Å². The van der Waals surface area contributed by atoms with Crippen molar-refractivity contribution in [2.45, 2.75) is 6.92 Å². The number of urea groups is 1. The van der Waals surface area contributed by atoms with E-state index in [9.17, 15) is 9.59 Å². The molecule has 6 nitrogen and oxygen atoms in total. The first-order valence-electron chi connectivity index (χ1n) is 8.37. The van der Waals surface area contributed by atoms with Crippen LogP contribution in [0.1, 0.15) is 6.92 Å². The number of benzene rings is 2. The quantitative estimate of drug-likeness (QED) is 0.742. The summed E-state index contributed by atoms with van der Waals surface area (Å²) in [5.74, 6) is -0.103.